The summed E-state index contributed by atoms with van der Waals surface area (Å²) in [6, 6.07) is 10.9. The maximum Gasteiger partial charge on any atom is 0.251 e. The second kappa shape index (κ2) is 7.81. The van der Waals surface area contributed by atoms with Crippen LogP contribution < -0.4 is 10.5 Å². The van der Waals surface area contributed by atoms with Gasteiger partial charge in [-0.05, 0) is 35.6 Å². The number of rotatable bonds is 4. The predicted molar refractivity (Wildman–Crippen MR) is 121 cm³/mol. The molecule has 154 valence electrons. The number of hydrogen-bond acceptors (Lipinski definition) is 5. The second-order valence-corrected chi connectivity index (χ2v) is 8.70. The number of thiophene rings is 1. The molecule has 0 atom stereocenters. The van der Waals surface area contributed by atoms with Gasteiger partial charge in [0.15, 0.2) is 0 Å². The van der Waals surface area contributed by atoms with E-state index in [-0.39, 0.29) is 11.4 Å². The number of benzene rings is 1. The largest absolute Gasteiger partial charge is 0.354 e. The Morgan fingerprint density at radius 1 is 1.10 bits per heavy atom. The van der Waals surface area contributed by atoms with Crippen molar-refractivity contribution in [3.8, 4) is 0 Å². The molecule has 1 fully saturated rings. The maximum absolute atomic E-state index is 14.3. The molecular formula is C23H23FN4OS. The first kappa shape index (κ1) is 19.2. The molecule has 0 unspecified atom stereocenters. The normalized spacial score (nSPS) is 15.3. The summed E-state index contributed by atoms with van der Waals surface area (Å²) < 4.78 is 17.0. The van der Waals surface area contributed by atoms with Gasteiger partial charge in [0.1, 0.15) is 11.6 Å². The molecule has 7 heteroatoms. The first-order valence-corrected chi connectivity index (χ1v) is 11.1. The zero-order valence-electron chi connectivity index (χ0n) is 16.8. The van der Waals surface area contributed by atoms with Crippen molar-refractivity contribution in [3.63, 3.8) is 0 Å². The third-order valence-electron chi connectivity index (χ3n) is 6.02. The number of fused-ring (bicyclic) bond motifs is 2. The zero-order chi connectivity index (χ0) is 20.7. The molecule has 0 bridgehead atoms. The van der Waals surface area contributed by atoms with Crippen LogP contribution in [0.25, 0.3) is 21.0 Å². The lowest BCUT2D eigenvalue weighted by atomic mass is 10.0. The van der Waals surface area contributed by atoms with Gasteiger partial charge in [-0.15, -0.1) is 11.3 Å². The lowest BCUT2D eigenvalue weighted by Gasteiger charge is -2.35. The first-order valence-electron chi connectivity index (χ1n) is 10.2. The molecule has 0 aliphatic carbocycles. The van der Waals surface area contributed by atoms with Crippen molar-refractivity contribution < 1.29 is 4.39 Å². The van der Waals surface area contributed by atoms with Crippen LogP contribution in [0.1, 0.15) is 5.56 Å². The smallest absolute Gasteiger partial charge is 0.251 e. The van der Waals surface area contributed by atoms with Crippen LogP contribution >= 0.6 is 11.3 Å². The minimum Gasteiger partial charge on any atom is -0.354 e. The Labute approximate surface area is 178 Å². The Hall–Kier alpha value is -2.77. The molecule has 1 aromatic carbocycles. The monoisotopic (exact) mass is 422 g/mol. The molecule has 1 aliphatic heterocycles. The Morgan fingerprint density at radius 3 is 2.77 bits per heavy atom. The van der Waals surface area contributed by atoms with Crippen LogP contribution in [-0.4, -0.2) is 47.2 Å². The molecule has 0 radical (unpaired) electrons. The van der Waals surface area contributed by atoms with Crippen LogP contribution in [-0.2, 0) is 13.5 Å². The Morgan fingerprint density at radius 2 is 1.93 bits per heavy atom. The molecule has 1 saturated heterocycles. The van der Waals surface area contributed by atoms with E-state index < -0.39 is 0 Å². The lowest BCUT2D eigenvalue weighted by molar-refractivity contribution is 0.261. The Bertz CT molecular complexity index is 1270. The molecule has 4 aromatic rings. The zero-order valence-corrected chi connectivity index (χ0v) is 17.7. The summed E-state index contributed by atoms with van der Waals surface area (Å²) >= 11 is 1.74. The predicted octanol–water partition coefficient (Wildman–Crippen LogP) is 3.65. The lowest BCUT2D eigenvalue weighted by Crippen LogP contribution is -2.47. The topological polar surface area (TPSA) is 41.4 Å². The number of nitrogens with zero attached hydrogens (tertiary/aromatic N) is 4. The van der Waals surface area contributed by atoms with Gasteiger partial charge in [0.25, 0.3) is 5.56 Å². The second-order valence-electron chi connectivity index (χ2n) is 7.75. The molecule has 0 amide bonds. The molecule has 5 rings (SSSR count). The van der Waals surface area contributed by atoms with Crippen molar-refractivity contribution in [2.24, 2.45) is 7.05 Å². The minimum absolute atomic E-state index is 0.164. The number of hydrogen-bond donors (Lipinski definition) is 0. The van der Waals surface area contributed by atoms with E-state index in [9.17, 15) is 9.18 Å². The summed E-state index contributed by atoms with van der Waals surface area (Å²) in [6.07, 6.45) is 2.62. The molecule has 0 spiro atoms. The Balaban J connectivity index is 1.29. The van der Waals surface area contributed by atoms with E-state index in [1.54, 1.807) is 30.5 Å². The van der Waals surface area contributed by atoms with Gasteiger partial charge in [-0.25, -0.2) is 9.37 Å². The highest BCUT2D eigenvalue weighted by atomic mass is 32.1. The fraction of sp³-hybridized carbons (Fsp3) is 0.304. The maximum atomic E-state index is 14.3. The van der Waals surface area contributed by atoms with E-state index in [1.807, 2.05) is 12.3 Å². The number of piperazine rings is 1. The van der Waals surface area contributed by atoms with Gasteiger partial charge >= 0.3 is 0 Å². The number of para-hydroxylation sites is 1. The summed E-state index contributed by atoms with van der Waals surface area (Å²) in [5, 5.41) is 4.16. The molecule has 30 heavy (non-hydrogen) atoms. The van der Waals surface area contributed by atoms with Crippen LogP contribution in [0.15, 0.2) is 52.8 Å². The molecule has 0 N–H and O–H groups in total. The highest BCUT2D eigenvalue weighted by molar-refractivity contribution is 7.17. The molecule has 0 saturated carbocycles. The van der Waals surface area contributed by atoms with Crippen molar-refractivity contribution in [1.82, 2.24) is 14.5 Å². The number of aromatic nitrogens is 2. The molecule has 5 nitrogen and oxygen atoms in total. The number of anilines is 1. The van der Waals surface area contributed by atoms with Gasteiger partial charge in [-0.2, -0.15) is 0 Å². The van der Waals surface area contributed by atoms with Gasteiger partial charge in [0.2, 0.25) is 0 Å². The summed E-state index contributed by atoms with van der Waals surface area (Å²) in [7, 11) is 1.62. The molecule has 4 heterocycles. The number of pyridine rings is 2. The molecule has 3 aromatic heterocycles. The molecular weight excluding hydrogens is 399 g/mol. The third-order valence-corrected chi connectivity index (χ3v) is 6.91. The van der Waals surface area contributed by atoms with Gasteiger partial charge < -0.3 is 9.47 Å². The highest BCUT2D eigenvalue weighted by Gasteiger charge is 2.20. The van der Waals surface area contributed by atoms with Crippen molar-refractivity contribution in [2.45, 2.75) is 6.42 Å². The van der Waals surface area contributed by atoms with Crippen molar-refractivity contribution in [2.75, 3.05) is 37.6 Å². The Kier molecular flexibility index (Phi) is 5.00. The summed E-state index contributed by atoms with van der Waals surface area (Å²) in [5.74, 6) is 0.721. The quantitative estimate of drug-likeness (QED) is 0.503. The summed E-state index contributed by atoms with van der Waals surface area (Å²) in [5.41, 5.74) is 1.14. The van der Waals surface area contributed by atoms with E-state index in [1.165, 1.54) is 20.7 Å². The standard InChI is InChI=1S/C23H23FN4OS/c1-26-21(29)15-16(17-3-2-4-19(24)22(17)26)6-9-27-10-12-28(13-11-27)23-18-7-14-30-20(18)5-8-25-23/h2-5,7-8,14-15H,6,9-13H2,1H3. The van der Waals surface area contributed by atoms with Crippen molar-refractivity contribution >= 4 is 38.1 Å². The summed E-state index contributed by atoms with van der Waals surface area (Å²) in [6.45, 7) is 4.59. The van der Waals surface area contributed by atoms with Crippen LogP contribution in [0.5, 0.6) is 0 Å². The fourth-order valence-corrected chi connectivity index (χ4v) is 5.13. The van der Waals surface area contributed by atoms with Gasteiger partial charge in [-0.1, -0.05) is 12.1 Å². The third kappa shape index (κ3) is 3.38. The van der Waals surface area contributed by atoms with Crippen LogP contribution in [0.2, 0.25) is 0 Å². The number of aryl methyl sites for hydroxylation is 1. The van der Waals surface area contributed by atoms with E-state index in [2.05, 4.69) is 32.3 Å². The van der Waals surface area contributed by atoms with Crippen LogP contribution in [0, 0.1) is 5.82 Å². The average Bonchev–Trinajstić information content (AvgIpc) is 3.25. The number of halogens is 1. The van der Waals surface area contributed by atoms with E-state index in [4.69, 9.17) is 0 Å². The molecule has 1 aliphatic rings. The van der Waals surface area contributed by atoms with Crippen molar-refractivity contribution in [3.05, 3.63) is 69.7 Å². The van der Waals surface area contributed by atoms with Crippen molar-refractivity contribution in [1.29, 1.82) is 0 Å². The minimum atomic E-state index is -0.349. The van der Waals surface area contributed by atoms with E-state index >= 15 is 0 Å². The highest BCUT2D eigenvalue weighted by Crippen LogP contribution is 2.29. The SMILES string of the molecule is Cn1c(=O)cc(CCN2CCN(c3nccc4sccc34)CC2)c2cccc(F)c21. The van der Waals surface area contributed by atoms with E-state index in [0.717, 1.165) is 55.9 Å². The van der Waals surface area contributed by atoms with Gasteiger partial charge in [0, 0.05) is 67.5 Å². The first-order chi connectivity index (χ1) is 14.6. The van der Waals surface area contributed by atoms with Crippen LogP contribution in [0.3, 0.4) is 0 Å². The van der Waals surface area contributed by atoms with E-state index in [0.29, 0.717) is 5.52 Å². The van der Waals surface area contributed by atoms with Gasteiger partial charge in [-0.3, -0.25) is 9.69 Å². The average molecular weight is 423 g/mol. The fourth-order valence-electron chi connectivity index (χ4n) is 4.35. The summed E-state index contributed by atoms with van der Waals surface area (Å²) in [4.78, 5) is 21.7. The van der Waals surface area contributed by atoms with Crippen LogP contribution in [0.4, 0.5) is 10.2 Å². The van der Waals surface area contributed by atoms with Gasteiger partial charge in [0.05, 0.1) is 5.52 Å².